The van der Waals surface area contributed by atoms with Crippen LogP contribution in [0.5, 0.6) is 0 Å². The summed E-state index contributed by atoms with van der Waals surface area (Å²) in [5.41, 5.74) is 1.07. The number of benzene rings is 1. The second-order valence-corrected chi connectivity index (χ2v) is 13.0. The number of aliphatic imine (C=N–C) groups is 1. The number of carbonyl (C=O) groups is 2. The molecule has 7 atom stereocenters. The molecule has 0 radical (unpaired) electrons. The molecule has 220 valence electrons. The van der Waals surface area contributed by atoms with Gasteiger partial charge in [0, 0.05) is 12.6 Å². The number of unbranched alkanes of at least 4 members (excludes halogenated alkanes) is 1. The van der Waals surface area contributed by atoms with Crippen LogP contribution < -0.4 is 5.32 Å². The van der Waals surface area contributed by atoms with E-state index in [0.717, 1.165) is 42.7 Å². The first-order valence-corrected chi connectivity index (χ1v) is 15.7. The Balaban J connectivity index is 1.02. The number of nitrogens with zero attached hydrogens (tertiary/aromatic N) is 1. The van der Waals surface area contributed by atoms with Crippen molar-refractivity contribution in [2.24, 2.45) is 34.1 Å². The van der Waals surface area contributed by atoms with Crippen molar-refractivity contribution in [1.82, 2.24) is 5.32 Å². The SMILES string of the molecule is COC(=O)/C=C/c1ccc(F)cc1CC1C2C3CCC4OC43C12C1=NC(C(=O)NCCCCC2CCCCC2)CO1. The summed E-state index contributed by atoms with van der Waals surface area (Å²) in [6, 6.07) is 4.15. The van der Waals surface area contributed by atoms with Gasteiger partial charge in [-0.05, 0) is 78.7 Å². The average molecular weight is 565 g/mol. The maximum absolute atomic E-state index is 14.4. The second kappa shape index (κ2) is 10.5. The van der Waals surface area contributed by atoms with Gasteiger partial charge in [0.1, 0.15) is 18.0 Å². The van der Waals surface area contributed by atoms with E-state index in [1.807, 2.05) is 0 Å². The minimum Gasteiger partial charge on any atom is -0.478 e. The van der Waals surface area contributed by atoms with Crippen molar-refractivity contribution in [2.75, 3.05) is 20.3 Å². The molecule has 4 aliphatic carbocycles. The summed E-state index contributed by atoms with van der Waals surface area (Å²) in [6.45, 7) is 0.949. The lowest BCUT2D eigenvalue weighted by atomic mass is 9.64. The van der Waals surface area contributed by atoms with Crippen LogP contribution in [0.1, 0.15) is 75.3 Å². The van der Waals surface area contributed by atoms with Crippen LogP contribution >= 0.6 is 0 Å². The molecule has 1 spiro atoms. The second-order valence-electron chi connectivity index (χ2n) is 13.0. The van der Waals surface area contributed by atoms with Gasteiger partial charge in [0.25, 0.3) is 0 Å². The lowest BCUT2D eigenvalue weighted by molar-refractivity contribution is -0.134. The van der Waals surface area contributed by atoms with Gasteiger partial charge < -0.3 is 19.5 Å². The molecule has 8 heteroatoms. The third-order valence-corrected chi connectivity index (χ3v) is 11.1. The number of nitrogens with one attached hydrogen (secondary N) is 1. The van der Waals surface area contributed by atoms with E-state index in [9.17, 15) is 14.0 Å². The third-order valence-electron chi connectivity index (χ3n) is 11.1. The Morgan fingerprint density at radius 3 is 2.83 bits per heavy atom. The molecule has 5 fully saturated rings. The maximum Gasteiger partial charge on any atom is 0.330 e. The Labute approximate surface area is 241 Å². The summed E-state index contributed by atoms with van der Waals surface area (Å²) in [5, 5.41) is 3.10. The molecular formula is C33H41FN2O5. The molecule has 1 amide bonds. The van der Waals surface area contributed by atoms with Crippen LogP contribution in [0.3, 0.4) is 0 Å². The van der Waals surface area contributed by atoms with Crippen molar-refractivity contribution in [3.8, 4) is 0 Å². The molecule has 1 N–H and O–H groups in total. The molecule has 2 aliphatic heterocycles. The topological polar surface area (TPSA) is 89.5 Å². The minimum absolute atomic E-state index is 0.0590. The average Bonchev–Trinajstić information content (AvgIpc) is 3.72. The van der Waals surface area contributed by atoms with Crippen molar-refractivity contribution >= 4 is 23.9 Å². The van der Waals surface area contributed by atoms with Gasteiger partial charge in [-0.3, -0.25) is 4.79 Å². The number of rotatable bonds is 11. The fraction of sp³-hybridized carbons (Fsp3) is 0.667. The monoisotopic (exact) mass is 564 g/mol. The summed E-state index contributed by atoms with van der Waals surface area (Å²) >= 11 is 0. The normalized spacial score (nSPS) is 36.4. The Morgan fingerprint density at radius 1 is 1.17 bits per heavy atom. The molecule has 7 nitrogen and oxygen atoms in total. The minimum atomic E-state index is -0.526. The Bertz CT molecular complexity index is 1270. The number of hydrogen-bond donors (Lipinski definition) is 1. The van der Waals surface area contributed by atoms with Crippen molar-refractivity contribution in [2.45, 2.75) is 88.4 Å². The molecule has 1 aromatic carbocycles. The smallest absolute Gasteiger partial charge is 0.330 e. The van der Waals surface area contributed by atoms with Crippen LogP contribution in [0.2, 0.25) is 0 Å². The van der Waals surface area contributed by atoms with E-state index >= 15 is 0 Å². The van der Waals surface area contributed by atoms with Gasteiger partial charge in [0.05, 0.1) is 18.6 Å². The first kappa shape index (κ1) is 27.1. The number of epoxide rings is 1. The fourth-order valence-corrected chi connectivity index (χ4v) is 9.23. The lowest BCUT2D eigenvalue weighted by Crippen LogP contribution is -2.51. The van der Waals surface area contributed by atoms with Gasteiger partial charge in [-0.25, -0.2) is 14.2 Å². The van der Waals surface area contributed by atoms with Crippen molar-refractivity contribution in [1.29, 1.82) is 0 Å². The number of methoxy groups -OCH3 is 1. The summed E-state index contributed by atoms with van der Waals surface area (Å²) in [5.74, 6) is 1.75. The molecule has 0 bridgehead atoms. The van der Waals surface area contributed by atoms with Gasteiger partial charge in [0.15, 0.2) is 11.9 Å². The highest BCUT2D eigenvalue weighted by Gasteiger charge is 2.99. The summed E-state index contributed by atoms with van der Waals surface area (Å²) in [6.07, 6.45) is 16.4. The molecule has 4 saturated carbocycles. The van der Waals surface area contributed by atoms with E-state index in [1.165, 1.54) is 57.8 Å². The molecular weight excluding hydrogens is 523 g/mol. The number of halogens is 1. The lowest BCUT2D eigenvalue weighted by Gasteiger charge is -2.39. The summed E-state index contributed by atoms with van der Waals surface area (Å²) < 4.78 is 31.7. The number of carbonyl (C=O) groups excluding carboxylic acids is 2. The molecule has 2 heterocycles. The summed E-state index contributed by atoms with van der Waals surface area (Å²) in [7, 11) is 1.34. The predicted molar refractivity (Wildman–Crippen MR) is 152 cm³/mol. The summed E-state index contributed by atoms with van der Waals surface area (Å²) in [4.78, 5) is 29.6. The van der Waals surface area contributed by atoms with Gasteiger partial charge in [-0.2, -0.15) is 0 Å². The zero-order valence-corrected chi connectivity index (χ0v) is 23.9. The molecule has 6 aliphatic rings. The van der Waals surface area contributed by atoms with Crippen LogP contribution in [0.25, 0.3) is 6.08 Å². The first-order chi connectivity index (χ1) is 20.0. The number of ether oxygens (including phenoxy) is 3. The van der Waals surface area contributed by atoms with Crippen molar-refractivity contribution in [3.05, 3.63) is 41.2 Å². The van der Waals surface area contributed by atoms with E-state index in [4.69, 9.17) is 19.2 Å². The molecule has 7 unspecified atom stereocenters. The van der Waals surface area contributed by atoms with E-state index in [-0.39, 0.29) is 41.4 Å². The van der Waals surface area contributed by atoms with E-state index in [0.29, 0.717) is 30.7 Å². The zero-order chi connectivity index (χ0) is 28.2. The molecule has 1 saturated heterocycles. The van der Waals surface area contributed by atoms with Gasteiger partial charge in [0.2, 0.25) is 5.91 Å². The largest absolute Gasteiger partial charge is 0.478 e. The van der Waals surface area contributed by atoms with Crippen LogP contribution in [0, 0.1) is 34.9 Å². The van der Waals surface area contributed by atoms with Crippen molar-refractivity contribution < 1.29 is 28.2 Å². The standard InChI is InChI=1S/C33H41FN2O5/c1-39-28(37)15-11-21-10-12-23(34)17-22(21)18-25-29-24-13-14-27-33(24,41-27)32(25,29)31-36-26(19-40-31)30(38)35-16-6-5-9-20-7-3-2-4-8-20/h10-12,15,17,20,24-27,29H,2-9,13-14,16,18-19H2,1H3,(H,35,38)/b15-11+. The highest BCUT2D eigenvalue weighted by Crippen LogP contribution is 2.91. The van der Waals surface area contributed by atoms with Crippen LogP contribution in [0.15, 0.2) is 29.3 Å². The fourth-order valence-electron chi connectivity index (χ4n) is 9.23. The molecule has 7 rings (SSSR count). The predicted octanol–water partition coefficient (Wildman–Crippen LogP) is 5.01. The molecule has 1 aromatic rings. The molecule has 41 heavy (non-hydrogen) atoms. The van der Waals surface area contributed by atoms with E-state index < -0.39 is 12.0 Å². The van der Waals surface area contributed by atoms with Gasteiger partial charge in [-0.15, -0.1) is 0 Å². The van der Waals surface area contributed by atoms with Crippen LogP contribution in [-0.2, 0) is 30.2 Å². The number of fused-ring (bicyclic) bond motifs is 2. The van der Waals surface area contributed by atoms with Gasteiger partial charge >= 0.3 is 5.97 Å². The van der Waals surface area contributed by atoms with Crippen LogP contribution in [-0.4, -0.2) is 55.8 Å². The number of esters is 1. The zero-order valence-electron chi connectivity index (χ0n) is 23.9. The molecule has 0 aromatic heterocycles. The third kappa shape index (κ3) is 4.34. The highest BCUT2D eigenvalue weighted by atomic mass is 19.1. The number of hydrogen-bond acceptors (Lipinski definition) is 6. The van der Waals surface area contributed by atoms with Crippen LogP contribution in [0.4, 0.5) is 4.39 Å². The Hall–Kier alpha value is -2.74. The number of amides is 1. The Kier molecular flexibility index (Phi) is 6.95. The highest BCUT2D eigenvalue weighted by molar-refractivity contribution is 5.97. The first-order valence-electron chi connectivity index (χ1n) is 15.7. The Morgan fingerprint density at radius 2 is 2.02 bits per heavy atom. The van der Waals surface area contributed by atoms with E-state index in [2.05, 4.69) is 5.32 Å². The quantitative estimate of drug-likeness (QED) is 0.177. The van der Waals surface area contributed by atoms with Crippen molar-refractivity contribution in [3.63, 3.8) is 0 Å². The van der Waals surface area contributed by atoms with Gasteiger partial charge in [-0.1, -0.05) is 51.0 Å². The van der Waals surface area contributed by atoms with E-state index in [1.54, 1.807) is 18.2 Å². The maximum atomic E-state index is 14.4.